The smallest absolute Gasteiger partial charge is 0.122 e. The fourth-order valence-corrected chi connectivity index (χ4v) is 2.44. The highest BCUT2D eigenvalue weighted by Gasteiger charge is 2.16. The molecule has 0 spiro atoms. The molecule has 0 heterocycles. The summed E-state index contributed by atoms with van der Waals surface area (Å²) in [6.45, 7) is 4.38. The summed E-state index contributed by atoms with van der Waals surface area (Å²) in [5.74, 6) is 2.10. The van der Waals surface area contributed by atoms with Gasteiger partial charge in [-0.05, 0) is 43.6 Å². The van der Waals surface area contributed by atoms with E-state index < -0.39 is 0 Å². The van der Waals surface area contributed by atoms with Crippen molar-refractivity contribution in [2.45, 2.75) is 32.2 Å². The molecule has 0 aromatic heterocycles. The van der Waals surface area contributed by atoms with Gasteiger partial charge in [0.15, 0.2) is 0 Å². The molecule has 2 nitrogen and oxygen atoms in total. The van der Waals surface area contributed by atoms with Crippen molar-refractivity contribution >= 4 is 11.6 Å². The van der Waals surface area contributed by atoms with E-state index in [1.165, 1.54) is 11.1 Å². The van der Waals surface area contributed by atoms with Gasteiger partial charge in [-0.1, -0.05) is 26.0 Å². The Kier molecular flexibility index (Phi) is 5.97. The first kappa shape index (κ1) is 15.3. The summed E-state index contributed by atoms with van der Waals surface area (Å²) in [6, 6.07) is 6.82. The number of methoxy groups -OCH3 is 1. The highest BCUT2D eigenvalue weighted by molar-refractivity contribution is 6.17. The molecule has 0 aliphatic carbocycles. The van der Waals surface area contributed by atoms with Crippen LogP contribution in [0.3, 0.4) is 0 Å². The molecule has 3 heteroatoms. The van der Waals surface area contributed by atoms with Crippen molar-refractivity contribution in [2.75, 3.05) is 27.1 Å². The van der Waals surface area contributed by atoms with Crippen LogP contribution in [0.4, 0.5) is 0 Å². The molecular formula is C15H24ClNO. The Hall–Kier alpha value is -0.730. The molecule has 1 aromatic rings. The van der Waals surface area contributed by atoms with E-state index in [0.29, 0.717) is 17.8 Å². The monoisotopic (exact) mass is 269 g/mol. The van der Waals surface area contributed by atoms with Gasteiger partial charge in [0.2, 0.25) is 0 Å². The van der Waals surface area contributed by atoms with E-state index >= 15 is 0 Å². The molecule has 0 amide bonds. The van der Waals surface area contributed by atoms with Crippen LogP contribution in [0.15, 0.2) is 18.2 Å². The van der Waals surface area contributed by atoms with Crippen molar-refractivity contribution in [3.8, 4) is 5.75 Å². The van der Waals surface area contributed by atoms with E-state index in [2.05, 4.69) is 51.0 Å². The molecule has 0 saturated carbocycles. The number of halogens is 1. The summed E-state index contributed by atoms with van der Waals surface area (Å²) < 4.78 is 5.42. The molecular weight excluding hydrogens is 246 g/mol. The molecule has 102 valence electrons. The third-order valence-corrected chi connectivity index (χ3v) is 3.48. The third-order valence-electron chi connectivity index (χ3n) is 3.27. The fraction of sp³-hybridized carbons (Fsp3) is 0.600. The summed E-state index contributed by atoms with van der Waals surface area (Å²) in [7, 11) is 5.91. The lowest BCUT2D eigenvalue weighted by atomic mass is 9.95. The van der Waals surface area contributed by atoms with Gasteiger partial charge < -0.3 is 9.64 Å². The SMILES string of the molecule is COc1ccc(C(CCCl)N(C)C)cc1C(C)C. The predicted octanol–water partition coefficient (Wildman–Crippen LogP) is 4.05. The van der Waals surface area contributed by atoms with Crippen LogP contribution in [0.2, 0.25) is 0 Å². The van der Waals surface area contributed by atoms with Gasteiger partial charge >= 0.3 is 0 Å². The maximum atomic E-state index is 5.90. The van der Waals surface area contributed by atoms with E-state index in [9.17, 15) is 0 Å². The number of hydrogen-bond donors (Lipinski definition) is 0. The standard InChI is InChI=1S/C15H24ClNO/c1-11(2)13-10-12(6-7-15(13)18-5)14(8-9-16)17(3)4/h6-7,10-11,14H,8-9H2,1-5H3. The normalized spacial score (nSPS) is 13.1. The van der Waals surface area contributed by atoms with Crippen molar-refractivity contribution in [3.05, 3.63) is 29.3 Å². The summed E-state index contributed by atoms with van der Waals surface area (Å²) in [5, 5.41) is 0. The topological polar surface area (TPSA) is 12.5 Å². The minimum atomic E-state index is 0.367. The quantitative estimate of drug-likeness (QED) is 0.723. The van der Waals surface area contributed by atoms with Crippen molar-refractivity contribution < 1.29 is 4.74 Å². The van der Waals surface area contributed by atoms with Crippen LogP contribution < -0.4 is 4.74 Å². The average Bonchev–Trinajstić information content (AvgIpc) is 2.34. The van der Waals surface area contributed by atoms with Gasteiger partial charge in [-0.15, -0.1) is 11.6 Å². The molecule has 1 unspecified atom stereocenters. The number of alkyl halides is 1. The Morgan fingerprint density at radius 2 is 1.94 bits per heavy atom. The van der Waals surface area contributed by atoms with Gasteiger partial charge in [-0.2, -0.15) is 0 Å². The van der Waals surface area contributed by atoms with Crippen LogP contribution in [-0.4, -0.2) is 32.0 Å². The molecule has 0 bridgehead atoms. The lowest BCUT2D eigenvalue weighted by molar-refractivity contribution is 0.292. The molecule has 0 aliphatic heterocycles. The lowest BCUT2D eigenvalue weighted by Gasteiger charge is -2.25. The second kappa shape index (κ2) is 7.01. The van der Waals surface area contributed by atoms with Gasteiger partial charge in [0.05, 0.1) is 7.11 Å². The number of nitrogens with zero attached hydrogens (tertiary/aromatic N) is 1. The van der Waals surface area contributed by atoms with Crippen LogP contribution in [0, 0.1) is 0 Å². The minimum absolute atomic E-state index is 0.367. The van der Waals surface area contributed by atoms with E-state index in [1.807, 2.05) is 0 Å². The first-order chi connectivity index (χ1) is 8.51. The zero-order valence-corrected chi connectivity index (χ0v) is 12.8. The highest BCUT2D eigenvalue weighted by Crippen LogP contribution is 2.31. The molecule has 0 radical (unpaired) electrons. The number of rotatable bonds is 6. The van der Waals surface area contributed by atoms with Crippen molar-refractivity contribution in [2.24, 2.45) is 0 Å². The number of hydrogen-bond acceptors (Lipinski definition) is 2. The molecule has 1 atom stereocenters. The van der Waals surface area contributed by atoms with Crippen LogP contribution in [0.25, 0.3) is 0 Å². The van der Waals surface area contributed by atoms with E-state index in [-0.39, 0.29) is 0 Å². The Bertz CT molecular complexity index is 377. The maximum absolute atomic E-state index is 5.90. The summed E-state index contributed by atoms with van der Waals surface area (Å²) in [5.41, 5.74) is 2.57. The number of benzene rings is 1. The number of ether oxygens (including phenoxy) is 1. The largest absolute Gasteiger partial charge is 0.496 e. The van der Waals surface area contributed by atoms with Crippen LogP contribution in [0.5, 0.6) is 5.75 Å². The van der Waals surface area contributed by atoms with Crippen LogP contribution in [0.1, 0.15) is 43.4 Å². The van der Waals surface area contributed by atoms with Crippen LogP contribution >= 0.6 is 11.6 Å². The van der Waals surface area contributed by atoms with Crippen molar-refractivity contribution in [3.63, 3.8) is 0 Å². The van der Waals surface area contributed by atoms with Gasteiger partial charge in [0, 0.05) is 11.9 Å². The Morgan fingerprint density at radius 1 is 1.28 bits per heavy atom. The second-order valence-electron chi connectivity index (χ2n) is 5.11. The molecule has 0 fully saturated rings. The third kappa shape index (κ3) is 3.63. The first-order valence-corrected chi connectivity index (χ1v) is 6.95. The summed E-state index contributed by atoms with van der Waals surface area (Å²) >= 11 is 5.90. The molecule has 0 saturated heterocycles. The van der Waals surface area contributed by atoms with E-state index in [0.717, 1.165) is 12.2 Å². The second-order valence-corrected chi connectivity index (χ2v) is 5.49. The van der Waals surface area contributed by atoms with Crippen LogP contribution in [-0.2, 0) is 0 Å². The fourth-order valence-electron chi connectivity index (χ4n) is 2.24. The summed E-state index contributed by atoms with van der Waals surface area (Å²) in [6.07, 6.45) is 0.957. The van der Waals surface area contributed by atoms with E-state index in [4.69, 9.17) is 16.3 Å². The minimum Gasteiger partial charge on any atom is -0.496 e. The average molecular weight is 270 g/mol. The van der Waals surface area contributed by atoms with Crippen molar-refractivity contribution in [1.82, 2.24) is 4.90 Å². The van der Waals surface area contributed by atoms with Gasteiger partial charge in [0.25, 0.3) is 0 Å². The van der Waals surface area contributed by atoms with Gasteiger partial charge in [-0.3, -0.25) is 0 Å². The molecule has 1 aromatic carbocycles. The molecule has 0 aliphatic rings. The first-order valence-electron chi connectivity index (χ1n) is 6.41. The zero-order valence-electron chi connectivity index (χ0n) is 12.0. The molecule has 18 heavy (non-hydrogen) atoms. The van der Waals surface area contributed by atoms with Gasteiger partial charge in [0.1, 0.15) is 5.75 Å². The summed E-state index contributed by atoms with van der Waals surface area (Å²) in [4.78, 5) is 2.22. The predicted molar refractivity (Wildman–Crippen MR) is 78.8 cm³/mol. The van der Waals surface area contributed by atoms with Crippen molar-refractivity contribution in [1.29, 1.82) is 0 Å². The highest BCUT2D eigenvalue weighted by atomic mass is 35.5. The Labute approximate surface area is 116 Å². The maximum Gasteiger partial charge on any atom is 0.122 e. The Balaban J connectivity index is 3.12. The Morgan fingerprint density at radius 3 is 2.39 bits per heavy atom. The molecule has 0 N–H and O–H groups in total. The van der Waals surface area contributed by atoms with E-state index in [1.54, 1.807) is 7.11 Å². The lowest BCUT2D eigenvalue weighted by Crippen LogP contribution is -2.20. The zero-order chi connectivity index (χ0) is 13.7. The van der Waals surface area contributed by atoms with Gasteiger partial charge in [-0.25, -0.2) is 0 Å². The molecule has 1 rings (SSSR count).